The van der Waals surface area contributed by atoms with Gasteiger partial charge in [-0.3, -0.25) is 4.90 Å². The van der Waals surface area contributed by atoms with E-state index in [1.54, 1.807) is 17.7 Å². The molecule has 0 saturated heterocycles. The summed E-state index contributed by atoms with van der Waals surface area (Å²) < 4.78 is 0. The van der Waals surface area contributed by atoms with E-state index in [0.717, 1.165) is 29.7 Å². The minimum absolute atomic E-state index is 0.594. The third kappa shape index (κ3) is 1.70. The van der Waals surface area contributed by atoms with E-state index in [1.807, 2.05) is 0 Å². The SMILES string of the molecule is CC(C)N1CCc2c(sc3ncnc(N)c23)C1. The van der Waals surface area contributed by atoms with E-state index in [0.29, 0.717) is 11.9 Å². The van der Waals surface area contributed by atoms with E-state index >= 15 is 0 Å². The molecular weight excluding hydrogens is 232 g/mol. The molecule has 2 N–H and O–H groups in total. The van der Waals surface area contributed by atoms with Gasteiger partial charge in [-0.2, -0.15) is 0 Å². The zero-order valence-electron chi connectivity index (χ0n) is 10.1. The number of anilines is 1. The van der Waals surface area contributed by atoms with Crippen LogP contribution in [-0.2, 0) is 13.0 Å². The maximum absolute atomic E-state index is 5.96. The molecule has 0 aliphatic carbocycles. The second-order valence-corrected chi connectivity index (χ2v) is 5.84. The summed E-state index contributed by atoms with van der Waals surface area (Å²) in [6.07, 6.45) is 2.62. The highest BCUT2D eigenvalue weighted by Gasteiger charge is 2.24. The van der Waals surface area contributed by atoms with Crippen molar-refractivity contribution in [2.45, 2.75) is 32.9 Å². The molecule has 0 bridgehead atoms. The van der Waals surface area contributed by atoms with Gasteiger partial charge < -0.3 is 5.73 Å². The van der Waals surface area contributed by atoms with Crippen LogP contribution in [0.1, 0.15) is 24.3 Å². The van der Waals surface area contributed by atoms with Gasteiger partial charge in [-0.25, -0.2) is 9.97 Å². The predicted molar refractivity (Wildman–Crippen MR) is 71.1 cm³/mol. The molecule has 0 saturated carbocycles. The fourth-order valence-electron chi connectivity index (χ4n) is 2.41. The maximum atomic E-state index is 5.96. The average Bonchev–Trinajstić information content (AvgIpc) is 2.67. The lowest BCUT2D eigenvalue weighted by Crippen LogP contribution is -2.35. The predicted octanol–water partition coefficient (Wildman–Crippen LogP) is 2.04. The molecule has 5 heteroatoms. The van der Waals surface area contributed by atoms with Gasteiger partial charge in [-0.15, -0.1) is 11.3 Å². The van der Waals surface area contributed by atoms with Crippen molar-refractivity contribution in [1.29, 1.82) is 0 Å². The summed E-state index contributed by atoms with van der Waals surface area (Å²) >= 11 is 1.76. The Morgan fingerprint density at radius 1 is 1.41 bits per heavy atom. The Balaban J connectivity index is 2.11. The van der Waals surface area contributed by atoms with Crippen LogP contribution in [0.15, 0.2) is 6.33 Å². The normalized spacial score (nSPS) is 16.6. The lowest BCUT2D eigenvalue weighted by atomic mass is 10.0. The number of aromatic nitrogens is 2. The molecule has 0 aromatic carbocycles. The Morgan fingerprint density at radius 3 is 3.00 bits per heavy atom. The molecule has 1 aliphatic heterocycles. The van der Waals surface area contributed by atoms with Crippen LogP contribution in [0, 0.1) is 0 Å². The van der Waals surface area contributed by atoms with Gasteiger partial charge in [0.2, 0.25) is 0 Å². The molecule has 0 radical (unpaired) electrons. The maximum Gasteiger partial charge on any atom is 0.135 e. The van der Waals surface area contributed by atoms with E-state index in [-0.39, 0.29) is 0 Å². The van der Waals surface area contributed by atoms with Crippen molar-refractivity contribution >= 4 is 27.4 Å². The molecular formula is C12H16N4S. The van der Waals surface area contributed by atoms with Crippen molar-refractivity contribution in [3.63, 3.8) is 0 Å². The van der Waals surface area contributed by atoms with Gasteiger partial charge >= 0.3 is 0 Å². The molecule has 0 unspecified atom stereocenters. The van der Waals surface area contributed by atoms with Gasteiger partial charge in [0.25, 0.3) is 0 Å². The number of thiophene rings is 1. The summed E-state index contributed by atoms with van der Waals surface area (Å²) in [5.41, 5.74) is 7.34. The smallest absolute Gasteiger partial charge is 0.135 e. The van der Waals surface area contributed by atoms with Crippen LogP contribution in [0.4, 0.5) is 5.82 Å². The van der Waals surface area contributed by atoms with Crippen LogP contribution in [0.5, 0.6) is 0 Å². The summed E-state index contributed by atoms with van der Waals surface area (Å²) in [4.78, 5) is 13.4. The van der Waals surface area contributed by atoms with Crippen molar-refractivity contribution in [2.24, 2.45) is 0 Å². The molecule has 2 aromatic heterocycles. The Bertz CT molecular complexity index is 561. The van der Waals surface area contributed by atoms with Gasteiger partial charge in [0.1, 0.15) is 17.0 Å². The van der Waals surface area contributed by atoms with E-state index in [9.17, 15) is 0 Å². The van der Waals surface area contributed by atoms with E-state index < -0.39 is 0 Å². The topological polar surface area (TPSA) is 55.0 Å². The lowest BCUT2D eigenvalue weighted by Gasteiger charge is -2.30. The molecule has 3 rings (SSSR count). The highest BCUT2D eigenvalue weighted by atomic mass is 32.1. The highest BCUT2D eigenvalue weighted by molar-refractivity contribution is 7.18. The third-order valence-corrected chi connectivity index (χ3v) is 4.55. The molecule has 90 valence electrons. The van der Waals surface area contributed by atoms with Crippen LogP contribution in [0.25, 0.3) is 10.2 Å². The van der Waals surface area contributed by atoms with E-state index in [1.165, 1.54) is 10.4 Å². The van der Waals surface area contributed by atoms with Crippen LogP contribution in [0.3, 0.4) is 0 Å². The van der Waals surface area contributed by atoms with Crippen LogP contribution >= 0.6 is 11.3 Å². The summed E-state index contributed by atoms with van der Waals surface area (Å²) in [6.45, 7) is 6.61. The third-order valence-electron chi connectivity index (χ3n) is 3.43. The molecule has 0 amide bonds. The number of hydrogen-bond acceptors (Lipinski definition) is 5. The Hall–Kier alpha value is -1.20. The number of nitrogens with two attached hydrogens (primary N) is 1. The van der Waals surface area contributed by atoms with Crippen molar-refractivity contribution in [3.05, 3.63) is 16.8 Å². The Labute approximate surface area is 104 Å². The summed E-state index contributed by atoms with van der Waals surface area (Å²) in [6, 6.07) is 0.594. The molecule has 2 aromatic rings. The Kier molecular flexibility index (Phi) is 2.52. The van der Waals surface area contributed by atoms with Gasteiger partial charge in [0, 0.05) is 24.0 Å². The van der Waals surface area contributed by atoms with Crippen LogP contribution in [-0.4, -0.2) is 27.5 Å². The first-order chi connectivity index (χ1) is 8.16. The van der Waals surface area contributed by atoms with Crippen molar-refractivity contribution in [3.8, 4) is 0 Å². The number of rotatable bonds is 1. The minimum Gasteiger partial charge on any atom is -0.383 e. The van der Waals surface area contributed by atoms with Crippen molar-refractivity contribution < 1.29 is 0 Å². The van der Waals surface area contributed by atoms with Gasteiger partial charge in [-0.05, 0) is 25.8 Å². The highest BCUT2D eigenvalue weighted by Crippen LogP contribution is 2.36. The molecule has 0 atom stereocenters. The standard InChI is InChI=1S/C12H16N4S/c1-7(2)16-4-3-8-9(5-16)17-12-10(8)11(13)14-6-15-12/h6-7H,3-5H2,1-2H3,(H2,13,14,15). The average molecular weight is 248 g/mol. The molecule has 3 heterocycles. The molecule has 0 fully saturated rings. The zero-order valence-corrected chi connectivity index (χ0v) is 10.9. The van der Waals surface area contributed by atoms with Crippen molar-refractivity contribution in [2.75, 3.05) is 12.3 Å². The summed E-state index contributed by atoms with van der Waals surface area (Å²) in [5.74, 6) is 0.630. The number of nitrogens with zero attached hydrogens (tertiary/aromatic N) is 3. The van der Waals surface area contributed by atoms with Crippen LogP contribution < -0.4 is 5.73 Å². The molecule has 17 heavy (non-hydrogen) atoms. The summed E-state index contributed by atoms with van der Waals surface area (Å²) in [5, 5.41) is 1.09. The van der Waals surface area contributed by atoms with Gasteiger partial charge in [0.15, 0.2) is 0 Å². The second kappa shape index (κ2) is 3.92. The quantitative estimate of drug-likeness (QED) is 0.839. The monoisotopic (exact) mass is 248 g/mol. The first kappa shape index (κ1) is 10.9. The molecule has 4 nitrogen and oxygen atoms in total. The largest absolute Gasteiger partial charge is 0.383 e. The number of fused-ring (bicyclic) bond motifs is 3. The Morgan fingerprint density at radius 2 is 2.24 bits per heavy atom. The minimum atomic E-state index is 0.594. The first-order valence-electron chi connectivity index (χ1n) is 5.91. The first-order valence-corrected chi connectivity index (χ1v) is 6.73. The second-order valence-electron chi connectivity index (χ2n) is 4.76. The summed E-state index contributed by atoms with van der Waals surface area (Å²) in [7, 11) is 0. The molecule has 0 spiro atoms. The van der Waals surface area contributed by atoms with Gasteiger partial charge in [-0.1, -0.05) is 0 Å². The van der Waals surface area contributed by atoms with Crippen molar-refractivity contribution in [1.82, 2.24) is 14.9 Å². The van der Waals surface area contributed by atoms with E-state index in [2.05, 4.69) is 28.7 Å². The van der Waals surface area contributed by atoms with Crippen LogP contribution in [0.2, 0.25) is 0 Å². The fourth-order valence-corrected chi connectivity index (χ4v) is 3.63. The zero-order chi connectivity index (χ0) is 12.0. The van der Waals surface area contributed by atoms with E-state index in [4.69, 9.17) is 5.73 Å². The fraction of sp³-hybridized carbons (Fsp3) is 0.500. The number of hydrogen-bond donors (Lipinski definition) is 1. The number of nitrogen functional groups attached to an aromatic ring is 1. The lowest BCUT2D eigenvalue weighted by molar-refractivity contribution is 0.206. The van der Waals surface area contributed by atoms with Gasteiger partial charge in [0.05, 0.1) is 5.39 Å². The molecule has 1 aliphatic rings.